The second-order valence-electron chi connectivity index (χ2n) is 26.3. The lowest BCUT2D eigenvalue weighted by atomic mass is 10.0. The Balaban J connectivity index is 5.25. The molecule has 0 aromatic carbocycles. The summed E-state index contributed by atoms with van der Waals surface area (Å²) in [6.07, 6.45) is 55.9. The topological polar surface area (TPSA) is 243 Å². The van der Waals surface area contributed by atoms with Crippen LogP contribution in [0.5, 0.6) is 0 Å². The summed E-state index contributed by atoms with van der Waals surface area (Å²) in [5, 5.41) is 10.5. The van der Waals surface area contributed by atoms with Gasteiger partial charge in [0, 0.05) is 25.7 Å². The van der Waals surface area contributed by atoms with Gasteiger partial charge in [0.05, 0.1) is 26.4 Å². The largest absolute Gasteiger partial charge is 0.756 e. The van der Waals surface area contributed by atoms with Crippen LogP contribution in [0.25, 0.3) is 0 Å². The average Bonchev–Trinajstić information content (AvgIpc) is 3.63. The van der Waals surface area contributed by atoms with E-state index in [-0.39, 0.29) is 25.7 Å². The van der Waals surface area contributed by atoms with E-state index in [0.717, 1.165) is 89.9 Å². The summed E-state index contributed by atoms with van der Waals surface area (Å²) in [5.74, 6) is -2.21. The Bertz CT molecular complexity index is 1630. The number of unbranched alkanes of at least 4 members (excludes halogenated alkanes) is 48. The van der Waals surface area contributed by atoms with Crippen LogP contribution in [0.3, 0.4) is 0 Å². The molecule has 19 heteroatoms. The summed E-state index contributed by atoms with van der Waals surface area (Å²) >= 11 is 0. The average molecular weight is 1350 g/mol. The van der Waals surface area contributed by atoms with Crippen molar-refractivity contribution in [3.63, 3.8) is 0 Å². The van der Waals surface area contributed by atoms with Crippen LogP contribution in [0.15, 0.2) is 0 Å². The standard InChI is InChI=1S/C73H142O17P2/c1-5-9-13-17-21-25-29-33-37-41-45-49-53-57-70(75)83-63-68(89-72(77)59-55-51-47-43-39-35-31-27-23-19-15-11-7-3)65-87-91(79,80)85-61-67(74)62-86-92(81,82)88-66-69(90-73(78)60-56-52-48-44-40-36-32-28-24-20-16-12-8-4)64-84-71(76)58-54-50-46-42-38-34-30-26-22-18-14-10-6-2/h67-69,74H,5-66H2,1-4H3,(H,79,80)(H,81,82)/p-2/t68-,69-/m1/s1. The van der Waals surface area contributed by atoms with Crippen molar-refractivity contribution >= 4 is 39.5 Å². The number of phosphoric ester groups is 2. The summed E-state index contributed by atoms with van der Waals surface area (Å²) in [5.41, 5.74) is 0. The van der Waals surface area contributed by atoms with E-state index in [2.05, 4.69) is 27.7 Å². The molecule has 0 heterocycles. The molecule has 0 aliphatic rings. The van der Waals surface area contributed by atoms with Gasteiger partial charge in [-0.05, 0) is 25.7 Å². The highest BCUT2D eigenvalue weighted by molar-refractivity contribution is 7.46. The predicted octanol–water partition coefficient (Wildman–Crippen LogP) is 20.2. The van der Waals surface area contributed by atoms with Crippen molar-refractivity contribution in [2.75, 3.05) is 39.6 Å². The minimum atomic E-state index is -5.22. The monoisotopic (exact) mass is 1350 g/mol. The van der Waals surface area contributed by atoms with Gasteiger partial charge in [-0.3, -0.25) is 28.3 Å². The van der Waals surface area contributed by atoms with E-state index in [4.69, 9.17) is 37.0 Å². The van der Waals surface area contributed by atoms with Gasteiger partial charge in [-0.1, -0.05) is 336 Å². The van der Waals surface area contributed by atoms with Crippen LogP contribution in [0.1, 0.15) is 387 Å². The molecule has 4 atom stereocenters. The highest BCUT2D eigenvalue weighted by Gasteiger charge is 2.25. The first-order valence-corrected chi connectivity index (χ1v) is 41.2. The molecule has 92 heavy (non-hydrogen) atoms. The summed E-state index contributed by atoms with van der Waals surface area (Å²) in [6, 6.07) is 0. The van der Waals surface area contributed by atoms with Gasteiger partial charge in [-0.2, -0.15) is 0 Å². The van der Waals surface area contributed by atoms with Crippen LogP contribution in [-0.4, -0.2) is 86.9 Å². The number of rotatable bonds is 74. The van der Waals surface area contributed by atoms with Gasteiger partial charge in [0.25, 0.3) is 15.6 Å². The van der Waals surface area contributed by atoms with Crippen molar-refractivity contribution in [2.24, 2.45) is 0 Å². The Labute approximate surface area is 562 Å². The van der Waals surface area contributed by atoms with Gasteiger partial charge in [0.1, 0.15) is 19.3 Å². The molecule has 0 fully saturated rings. The zero-order valence-electron chi connectivity index (χ0n) is 59.4. The van der Waals surface area contributed by atoms with Gasteiger partial charge in [0.2, 0.25) is 0 Å². The second kappa shape index (κ2) is 67.6. The maximum atomic E-state index is 13.0. The van der Waals surface area contributed by atoms with E-state index in [1.807, 2.05) is 0 Å². The summed E-state index contributed by atoms with van der Waals surface area (Å²) in [7, 11) is -10.4. The number of esters is 4. The van der Waals surface area contributed by atoms with Crippen LogP contribution in [0.4, 0.5) is 0 Å². The Kier molecular flexibility index (Phi) is 66.2. The minimum Gasteiger partial charge on any atom is -0.756 e. The van der Waals surface area contributed by atoms with Crippen molar-refractivity contribution in [1.82, 2.24) is 0 Å². The molecule has 0 spiro atoms. The second-order valence-corrected chi connectivity index (χ2v) is 29.1. The molecule has 0 saturated heterocycles. The lowest BCUT2D eigenvalue weighted by Gasteiger charge is -2.28. The van der Waals surface area contributed by atoms with E-state index in [1.165, 1.54) is 218 Å². The molecule has 0 saturated carbocycles. The molecule has 0 aromatic rings. The van der Waals surface area contributed by atoms with Gasteiger partial charge in [0.15, 0.2) is 12.2 Å². The molecule has 0 rings (SSSR count). The third-order valence-electron chi connectivity index (χ3n) is 17.1. The Morgan fingerprint density at radius 3 is 0.652 bits per heavy atom. The fourth-order valence-corrected chi connectivity index (χ4v) is 12.8. The van der Waals surface area contributed by atoms with Crippen molar-refractivity contribution in [2.45, 2.75) is 406 Å². The zero-order valence-corrected chi connectivity index (χ0v) is 61.2. The summed E-state index contributed by atoms with van der Waals surface area (Å²) in [4.78, 5) is 77.3. The molecule has 0 aliphatic carbocycles. The fourth-order valence-electron chi connectivity index (χ4n) is 11.2. The van der Waals surface area contributed by atoms with Crippen LogP contribution in [-0.2, 0) is 65.4 Å². The summed E-state index contributed by atoms with van der Waals surface area (Å²) < 4.78 is 67.6. The molecule has 2 unspecified atom stereocenters. The number of hydrogen-bond donors (Lipinski definition) is 1. The number of carbonyl (C=O) groups excluding carboxylic acids is 4. The first kappa shape index (κ1) is 90.1. The van der Waals surface area contributed by atoms with Crippen LogP contribution in [0, 0.1) is 0 Å². The molecular formula is C73H140O17P2-2. The van der Waals surface area contributed by atoms with Gasteiger partial charge < -0.3 is 51.9 Å². The van der Waals surface area contributed by atoms with Crippen molar-refractivity contribution in [3.8, 4) is 0 Å². The quantitative estimate of drug-likeness (QED) is 0.0257. The van der Waals surface area contributed by atoms with Crippen LogP contribution >= 0.6 is 15.6 Å². The SMILES string of the molecule is CCCCCCCCCCCCCCCC(=O)OC[C@H](COP(=O)([O-])OCC(O)COP(=O)([O-])OC[C@@H](COC(=O)CCCCCCCCCCCCCCC)OC(=O)CCCCCCCCCCCCCCC)OC(=O)CCCCCCCCCCCCCCC. The van der Waals surface area contributed by atoms with E-state index >= 15 is 0 Å². The molecule has 0 amide bonds. The van der Waals surface area contributed by atoms with E-state index in [1.54, 1.807) is 0 Å². The molecule has 0 aromatic heterocycles. The number of aliphatic hydroxyl groups is 1. The summed E-state index contributed by atoms with van der Waals surface area (Å²) in [6.45, 7) is 4.57. The minimum absolute atomic E-state index is 0.0878. The molecule has 0 bridgehead atoms. The van der Waals surface area contributed by atoms with E-state index in [9.17, 15) is 43.2 Å². The number of aliphatic hydroxyl groups excluding tert-OH is 1. The third-order valence-corrected chi connectivity index (χ3v) is 18.9. The maximum Gasteiger partial charge on any atom is 0.306 e. The Hall–Kier alpha value is -1.94. The highest BCUT2D eigenvalue weighted by Crippen LogP contribution is 2.41. The predicted molar refractivity (Wildman–Crippen MR) is 368 cm³/mol. The number of ether oxygens (including phenoxy) is 4. The highest BCUT2D eigenvalue weighted by atomic mass is 31.2. The van der Waals surface area contributed by atoms with E-state index < -0.39 is 97.5 Å². The first-order valence-electron chi connectivity index (χ1n) is 38.2. The molecule has 0 radical (unpaired) electrons. The molecule has 546 valence electrons. The van der Waals surface area contributed by atoms with Crippen molar-refractivity contribution < 1.29 is 80.2 Å². The van der Waals surface area contributed by atoms with Gasteiger partial charge >= 0.3 is 23.9 Å². The molecular weight excluding hydrogens is 1210 g/mol. The smallest absolute Gasteiger partial charge is 0.306 e. The Morgan fingerprint density at radius 2 is 0.446 bits per heavy atom. The lowest BCUT2D eigenvalue weighted by molar-refractivity contribution is -0.233. The number of carbonyl (C=O) groups is 4. The fraction of sp³-hybridized carbons (Fsp3) is 0.945. The van der Waals surface area contributed by atoms with Crippen molar-refractivity contribution in [1.29, 1.82) is 0 Å². The van der Waals surface area contributed by atoms with Crippen LogP contribution < -0.4 is 9.79 Å². The molecule has 0 aliphatic heterocycles. The number of hydrogen-bond acceptors (Lipinski definition) is 17. The first-order chi connectivity index (χ1) is 44.7. The van der Waals surface area contributed by atoms with Crippen molar-refractivity contribution in [3.05, 3.63) is 0 Å². The maximum absolute atomic E-state index is 13.0. The van der Waals surface area contributed by atoms with Gasteiger partial charge in [-0.25, -0.2) is 0 Å². The van der Waals surface area contributed by atoms with Gasteiger partial charge in [-0.15, -0.1) is 0 Å². The number of phosphoric acid groups is 2. The lowest BCUT2D eigenvalue weighted by Crippen LogP contribution is -2.31. The zero-order chi connectivity index (χ0) is 67.5. The molecule has 1 N–H and O–H groups in total. The normalized spacial score (nSPS) is 13.9. The van der Waals surface area contributed by atoms with E-state index in [0.29, 0.717) is 25.7 Å². The molecule has 17 nitrogen and oxygen atoms in total. The Morgan fingerprint density at radius 1 is 0.272 bits per heavy atom. The van der Waals surface area contributed by atoms with Crippen LogP contribution in [0.2, 0.25) is 0 Å². The third kappa shape index (κ3) is 66.7.